The van der Waals surface area contributed by atoms with Gasteiger partial charge in [0.1, 0.15) is 0 Å². The highest BCUT2D eigenvalue weighted by Crippen LogP contribution is 2.82. The van der Waals surface area contributed by atoms with Crippen LogP contribution in [-0.2, 0) is 0 Å². The molecule has 2 fully saturated rings. The Kier molecular flexibility index (Phi) is 0.852. The van der Waals surface area contributed by atoms with Crippen molar-refractivity contribution in [2.45, 2.75) is 20.3 Å². The van der Waals surface area contributed by atoms with E-state index in [1.807, 2.05) is 0 Å². The molecular formula is C8H14O. The van der Waals surface area contributed by atoms with Gasteiger partial charge in [0.2, 0.25) is 0 Å². The monoisotopic (exact) mass is 126 g/mol. The van der Waals surface area contributed by atoms with Gasteiger partial charge in [-0.05, 0) is 29.6 Å². The van der Waals surface area contributed by atoms with E-state index >= 15 is 0 Å². The molecule has 1 N–H and O–H groups in total. The molecule has 2 aliphatic rings. The predicted molar refractivity (Wildman–Crippen MR) is 36.0 cm³/mol. The molecule has 0 aromatic rings. The fourth-order valence-electron chi connectivity index (χ4n) is 2.76. The van der Waals surface area contributed by atoms with Crippen molar-refractivity contribution in [3.8, 4) is 0 Å². The Morgan fingerprint density at radius 3 is 2.33 bits per heavy atom. The fraction of sp³-hybridized carbons (Fsp3) is 1.00. The standard InChI is InChI=1S/C8H14O/c1-5-6-7(5)8(6,2)3-4-9/h5-7,9H,3-4H2,1-2H3. The average molecular weight is 126 g/mol. The third-order valence-corrected chi connectivity index (χ3v) is 3.44. The SMILES string of the molecule is CC1C2C1C2(C)CCO. The van der Waals surface area contributed by atoms with Gasteiger partial charge in [0.15, 0.2) is 0 Å². The minimum Gasteiger partial charge on any atom is -0.396 e. The molecule has 1 nitrogen and oxygen atoms in total. The summed E-state index contributed by atoms with van der Waals surface area (Å²) in [6.07, 6.45) is 1.03. The number of rotatable bonds is 2. The molecule has 0 saturated heterocycles. The fourth-order valence-corrected chi connectivity index (χ4v) is 2.76. The van der Waals surface area contributed by atoms with Crippen molar-refractivity contribution in [2.24, 2.45) is 23.2 Å². The van der Waals surface area contributed by atoms with Crippen LogP contribution >= 0.6 is 0 Å². The third kappa shape index (κ3) is 0.493. The summed E-state index contributed by atoms with van der Waals surface area (Å²) in [5.74, 6) is 2.97. The normalized spacial score (nSPS) is 61.0. The Labute approximate surface area is 56.1 Å². The quantitative estimate of drug-likeness (QED) is 0.590. The maximum Gasteiger partial charge on any atom is 0.0436 e. The lowest BCUT2D eigenvalue weighted by Crippen LogP contribution is -2.12. The number of hydrogen-bond acceptors (Lipinski definition) is 1. The molecule has 0 bridgehead atoms. The van der Waals surface area contributed by atoms with Crippen LogP contribution in [0.25, 0.3) is 0 Å². The van der Waals surface area contributed by atoms with Crippen LogP contribution in [0, 0.1) is 23.2 Å². The zero-order chi connectivity index (χ0) is 6.65. The van der Waals surface area contributed by atoms with E-state index in [4.69, 9.17) is 5.11 Å². The van der Waals surface area contributed by atoms with Crippen molar-refractivity contribution in [1.29, 1.82) is 0 Å². The third-order valence-electron chi connectivity index (χ3n) is 3.44. The van der Waals surface area contributed by atoms with Gasteiger partial charge in [-0.25, -0.2) is 0 Å². The molecule has 0 heterocycles. The highest BCUT2D eigenvalue weighted by atomic mass is 16.3. The van der Waals surface area contributed by atoms with Crippen LogP contribution in [0.2, 0.25) is 0 Å². The maximum absolute atomic E-state index is 8.67. The molecule has 0 spiro atoms. The van der Waals surface area contributed by atoms with Crippen molar-refractivity contribution in [1.82, 2.24) is 0 Å². The predicted octanol–water partition coefficient (Wildman–Crippen LogP) is 1.27. The Balaban J connectivity index is 1.88. The number of fused-ring (bicyclic) bond motifs is 1. The van der Waals surface area contributed by atoms with Gasteiger partial charge in [0.05, 0.1) is 0 Å². The molecule has 2 aliphatic carbocycles. The second-order valence-corrected chi connectivity index (χ2v) is 3.89. The van der Waals surface area contributed by atoms with Crippen LogP contribution in [-0.4, -0.2) is 11.7 Å². The Bertz CT molecular complexity index is 132. The summed E-state index contributed by atoms with van der Waals surface area (Å²) in [5, 5.41) is 8.67. The first-order valence-electron chi connectivity index (χ1n) is 3.82. The van der Waals surface area contributed by atoms with Gasteiger partial charge < -0.3 is 5.11 Å². The Morgan fingerprint density at radius 2 is 2.00 bits per heavy atom. The van der Waals surface area contributed by atoms with E-state index in [1.165, 1.54) is 0 Å². The topological polar surface area (TPSA) is 20.2 Å². The summed E-state index contributed by atoms with van der Waals surface area (Å²) in [5.41, 5.74) is 0.578. The lowest BCUT2D eigenvalue weighted by Gasteiger charge is -2.17. The van der Waals surface area contributed by atoms with Crippen molar-refractivity contribution in [3.05, 3.63) is 0 Å². The lowest BCUT2D eigenvalue weighted by atomic mass is 9.88. The minimum absolute atomic E-state index is 0.385. The van der Waals surface area contributed by atoms with Crippen LogP contribution in [0.4, 0.5) is 0 Å². The van der Waals surface area contributed by atoms with Crippen LogP contribution in [0.15, 0.2) is 0 Å². The smallest absolute Gasteiger partial charge is 0.0436 e. The van der Waals surface area contributed by atoms with Crippen LogP contribution in [0.5, 0.6) is 0 Å². The molecule has 52 valence electrons. The van der Waals surface area contributed by atoms with Gasteiger partial charge in [0, 0.05) is 6.61 Å². The van der Waals surface area contributed by atoms with Gasteiger partial charge in [-0.15, -0.1) is 0 Å². The highest BCUT2D eigenvalue weighted by Gasteiger charge is 2.78. The number of hydrogen-bond donors (Lipinski definition) is 1. The van der Waals surface area contributed by atoms with Crippen molar-refractivity contribution >= 4 is 0 Å². The van der Waals surface area contributed by atoms with E-state index in [9.17, 15) is 0 Å². The van der Waals surface area contributed by atoms with Crippen molar-refractivity contribution in [3.63, 3.8) is 0 Å². The van der Waals surface area contributed by atoms with E-state index < -0.39 is 0 Å². The Morgan fingerprint density at radius 1 is 1.44 bits per heavy atom. The van der Waals surface area contributed by atoms with E-state index in [1.54, 1.807) is 0 Å². The summed E-state index contributed by atoms with van der Waals surface area (Å²) in [4.78, 5) is 0. The molecule has 1 heteroatoms. The molecule has 0 radical (unpaired) electrons. The second kappa shape index (κ2) is 1.34. The van der Waals surface area contributed by atoms with E-state index in [0.717, 1.165) is 24.2 Å². The van der Waals surface area contributed by atoms with Crippen LogP contribution in [0.3, 0.4) is 0 Å². The molecule has 2 unspecified atom stereocenters. The summed E-state index contributed by atoms with van der Waals surface area (Å²) in [7, 11) is 0. The largest absolute Gasteiger partial charge is 0.396 e. The van der Waals surface area contributed by atoms with Gasteiger partial charge >= 0.3 is 0 Å². The van der Waals surface area contributed by atoms with E-state index in [-0.39, 0.29) is 0 Å². The minimum atomic E-state index is 0.385. The first-order valence-corrected chi connectivity index (χ1v) is 3.82. The van der Waals surface area contributed by atoms with Gasteiger partial charge in [0.25, 0.3) is 0 Å². The summed E-state index contributed by atoms with van der Waals surface area (Å²) in [6.45, 7) is 5.00. The lowest BCUT2D eigenvalue weighted by molar-refractivity contribution is 0.211. The van der Waals surface area contributed by atoms with Gasteiger partial charge in [-0.2, -0.15) is 0 Å². The highest BCUT2D eigenvalue weighted by molar-refractivity contribution is 5.25. The van der Waals surface area contributed by atoms with Crippen molar-refractivity contribution < 1.29 is 5.11 Å². The molecule has 0 aliphatic heterocycles. The average Bonchev–Trinajstić information content (AvgIpc) is 2.58. The van der Waals surface area contributed by atoms with Crippen molar-refractivity contribution in [2.75, 3.05) is 6.61 Å². The molecule has 0 aromatic carbocycles. The Hall–Kier alpha value is -0.0400. The van der Waals surface area contributed by atoms with E-state index in [2.05, 4.69) is 13.8 Å². The van der Waals surface area contributed by atoms with Crippen LogP contribution in [0.1, 0.15) is 20.3 Å². The first kappa shape index (κ1) is 5.72. The molecule has 2 rings (SSSR count). The maximum atomic E-state index is 8.67. The summed E-state index contributed by atoms with van der Waals surface area (Å²) >= 11 is 0. The number of aliphatic hydroxyl groups excluding tert-OH is 1. The first-order chi connectivity index (χ1) is 4.22. The van der Waals surface area contributed by atoms with Crippen LogP contribution < -0.4 is 0 Å². The molecule has 2 saturated carbocycles. The zero-order valence-corrected chi connectivity index (χ0v) is 6.09. The van der Waals surface area contributed by atoms with Gasteiger partial charge in [-0.1, -0.05) is 13.8 Å². The van der Waals surface area contributed by atoms with E-state index in [0.29, 0.717) is 12.0 Å². The molecule has 2 atom stereocenters. The number of aliphatic hydroxyl groups is 1. The molecular weight excluding hydrogens is 112 g/mol. The summed E-state index contributed by atoms with van der Waals surface area (Å²) < 4.78 is 0. The zero-order valence-electron chi connectivity index (χ0n) is 6.09. The summed E-state index contributed by atoms with van der Waals surface area (Å²) in [6, 6.07) is 0. The second-order valence-electron chi connectivity index (χ2n) is 3.89. The molecule has 9 heavy (non-hydrogen) atoms. The molecule has 0 aromatic heterocycles. The van der Waals surface area contributed by atoms with Gasteiger partial charge in [-0.3, -0.25) is 0 Å². The molecule has 0 amide bonds.